The molecule has 1 atom stereocenters. The van der Waals surface area contributed by atoms with Gasteiger partial charge in [-0.1, -0.05) is 168 Å². The maximum atomic E-state index is 13.2. The minimum absolute atomic E-state index is 0. The summed E-state index contributed by atoms with van der Waals surface area (Å²) in [5.41, 5.74) is 0. The third-order valence-electron chi connectivity index (χ3n) is 9.27. The van der Waals surface area contributed by atoms with Crippen LogP contribution in [0.2, 0.25) is 0 Å². The fraction of sp³-hybridized carbons (Fsp3) is 0.946. The number of amides is 1. The third kappa shape index (κ3) is 25.8. The van der Waals surface area contributed by atoms with Crippen molar-refractivity contribution in [1.29, 1.82) is 0 Å². The Morgan fingerprint density at radius 2 is 0.732 bits per heavy atom. The number of carbonyl (C=O) groups is 2. The molecule has 0 spiro atoms. The van der Waals surface area contributed by atoms with Gasteiger partial charge in [-0.05, 0) is 26.7 Å². The van der Waals surface area contributed by atoms with Crippen LogP contribution >= 0.6 is 0 Å². The second kappa shape index (κ2) is 31.0. The van der Waals surface area contributed by atoms with E-state index in [2.05, 4.69) is 27.7 Å². The van der Waals surface area contributed by atoms with Crippen LogP contribution in [0.5, 0.6) is 0 Å². The van der Waals surface area contributed by atoms with E-state index < -0.39 is 0 Å². The average molecular weight is 600 g/mol. The van der Waals surface area contributed by atoms with Crippen molar-refractivity contribution in [3.05, 3.63) is 0 Å². The molecule has 3 nitrogen and oxygen atoms in total. The number of ketones is 1. The summed E-state index contributed by atoms with van der Waals surface area (Å²) in [6.07, 6.45) is 35.6. The Morgan fingerprint density at radius 1 is 0.463 bits per heavy atom. The number of quaternary nitrogens is 1. The van der Waals surface area contributed by atoms with Crippen LogP contribution in [0.1, 0.15) is 207 Å². The van der Waals surface area contributed by atoms with Crippen molar-refractivity contribution in [2.45, 2.75) is 214 Å². The molecule has 0 heterocycles. The van der Waals surface area contributed by atoms with Gasteiger partial charge in [-0.3, -0.25) is 9.28 Å². The molecule has 246 valence electrons. The molecule has 0 aromatic carbocycles. The first-order valence-corrected chi connectivity index (χ1v) is 18.3. The molecule has 0 aliphatic heterocycles. The largest absolute Gasteiger partial charge is 1.00 e. The molecule has 4 heteroatoms. The second-order valence-corrected chi connectivity index (χ2v) is 13.4. The van der Waals surface area contributed by atoms with Crippen molar-refractivity contribution in [3.8, 4) is 0 Å². The van der Waals surface area contributed by atoms with Crippen LogP contribution in [0.4, 0.5) is 0 Å². The molecule has 0 aliphatic rings. The van der Waals surface area contributed by atoms with Crippen LogP contribution in [-0.4, -0.2) is 35.8 Å². The Kier molecular flexibility index (Phi) is 32.3. The van der Waals surface area contributed by atoms with Crippen molar-refractivity contribution >= 4 is 11.7 Å². The number of halogens is 1. The van der Waals surface area contributed by atoms with E-state index in [0.717, 1.165) is 25.7 Å². The lowest BCUT2D eigenvalue weighted by Gasteiger charge is -2.35. The number of hydrogen-bond acceptors (Lipinski definition) is 2. The Hall–Kier alpha value is -0.410. The Labute approximate surface area is 264 Å². The SMILES string of the molecule is CCCCCCCCCCCCCCCC(=O)C[N+](C)(C(=O)CCCCCCCCCCCCCCC)C(C)C.[Cl-]. The standard InChI is InChI=1S/C37H74NO2.ClH/c1-6-8-10-12-14-16-18-20-22-24-26-28-30-32-36(39)34-38(5,35(3)4)37(40)33-31-29-27-25-23-21-19-17-15-13-11-9-7-2;/h35H,6-34H2,1-5H3;1H/q+1;/p-1. The maximum Gasteiger partial charge on any atom is 0.314 e. The summed E-state index contributed by atoms with van der Waals surface area (Å²) in [5, 5.41) is 0. The normalized spacial score (nSPS) is 12.8. The lowest BCUT2D eigenvalue weighted by molar-refractivity contribution is -0.848. The number of rotatable bonds is 31. The quantitative estimate of drug-likeness (QED) is 0.0589. The minimum Gasteiger partial charge on any atom is -1.00 e. The summed E-state index contributed by atoms with van der Waals surface area (Å²) in [6.45, 7) is 9.13. The molecule has 0 aromatic heterocycles. The van der Waals surface area contributed by atoms with Crippen LogP contribution in [0.15, 0.2) is 0 Å². The Bertz CT molecular complexity index is 579. The predicted molar refractivity (Wildman–Crippen MR) is 177 cm³/mol. The van der Waals surface area contributed by atoms with Crippen molar-refractivity contribution < 1.29 is 26.5 Å². The number of carbonyl (C=O) groups excluding carboxylic acids is 2. The van der Waals surface area contributed by atoms with Gasteiger partial charge in [0.2, 0.25) is 0 Å². The summed E-state index contributed by atoms with van der Waals surface area (Å²) in [6, 6.07) is 0.157. The molecule has 0 fully saturated rings. The molecule has 1 unspecified atom stereocenters. The zero-order valence-electron chi connectivity index (χ0n) is 28.7. The molecular formula is C37H74ClNO2. The van der Waals surface area contributed by atoms with Gasteiger partial charge in [0.05, 0.1) is 19.5 Å². The van der Waals surface area contributed by atoms with E-state index in [-0.39, 0.29) is 34.6 Å². The first-order valence-electron chi connectivity index (χ1n) is 18.3. The van der Waals surface area contributed by atoms with Crippen LogP contribution < -0.4 is 12.4 Å². The Balaban J connectivity index is 0. The monoisotopic (exact) mass is 600 g/mol. The molecule has 1 amide bonds. The minimum atomic E-state index is 0. The van der Waals surface area contributed by atoms with E-state index in [0.29, 0.717) is 19.4 Å². The molecule has 0 bridgehead atoms. The zero-order valence-corrected chi connectivity index (χ0v) is 29.5. The van der Waals surface area contributed by atoms with Crippen LogP contribution in [0.3, 0.4) is 0 Å². The summed E-state index contributed by atoms with van der Waals surface area (Å²) >= 11 is 0. The highest BCUT2D eigenvalue weighted by molar-refractivity contribution is 5.82. The van der Waals surface area contributed by atoms with Gasteiger partial charge >= 0.3 is 5.91 Å². The number of Topliss-reactive ketones (excluding diaryl/α,β-unsaturated/α-hetero) is 1. The number of nitrogens with zero attached hydrogens (tertiary/aromatic N) is 1. The molecule has 0 aromatic rings. The lowest BCUT2D eigenvalue weighted by atomic mass is 10.0. The Morgan fingerprint density at radius 3 is 1.02 bits per heavy atom. The first-order chi connectivity index (χ1) is 19.4. The molecule has 0 saturated heterocycles. The summed E-state index contributed by atoms with van der Waals surface area (Å²) in [7, 11) is 2.00. The number of hydrogen-bond donors (Lipinski definition) is 0. The lowest BCUT2D eigenvalue weighted by Crippen LogP contribution is -3.00. The number of likely N-dealkylation sites (N-methyl/N-ethyl adjacent to an activating group) is 1. The molecule has 0 saturated carbocycles. The van der Waals surface area contributed by atoms with E-state index in [9.17, 15) is 9.59 Å². The van der Waals surface area contributed by atoms with Gasteiger partial charge in [-0.15, -0.1) is 0 Å². The fourth-order valence-corrected chi connectivity index (χ4v) is 5.89. The fourth-order valence-electron chi connectivity index (χ4n) is 5.89. The van der Waals surface area contributed by atoms with Gasteiger partial charge in [-0.2, -0.15) is 0 Å². The van der Waals surface area contributed by atoms with Gasteiger partial charge in [0, 0.05) is 6.42 Å². The van der Waals surface area contributed by atoms with E-state index in [4.69, 9.17) is 0 Å². The van der Waals surface area contributed by atoms with E-state index in [1.165, 1.54) is 141 Å². The van der Waals surface area contributed by atoms with Crippen molar-refractivity contribution in [2.24, 2.45) is 0 Å². The highest BCUT2D eigenvalue weighted by Crippen LogP contribution is 2.19. The topological polar surface area (TPSA) is 34.1 Å². The molecule has 0 rings (SSSR count). The van der Waals surface area contributed by atoms with Crippen molar-refractivity contribution in [2.75, 3.05) is 13.6 Å². The summed E-state index contributed by atoms with van der Waals surface area (Å²) in [4.78, 5) is 25.9. The highest BCUT2D eigenvalue weighted by Gasteiger charge is 2.36. The predicted octanol–water partition coefficient (Wildman–Crippen LogP) is 8.90. The smallest absolute Gasteiger partial charge is 0.314 e. The molecule has 0 aliphatic carbocycles. The van der Waals surface area contributed by atoms with Gasteiger partial charge in [0.15, 0.2) is 5.78 Å². The van der Waals surface area contributed by atoms with Crippen molar-refractivity contribution in [1.82, 2.24) is 0 Å². The average Bonchev–Trinajstić information content (AvgIpc) is 2.93. The van der Waals surface area contributed by atoms with Gasteiger partial charge in [0.25, 0.3) is 0 Å². The summed E-state index contributed by atoms with van der Waals surface area (Å²) < 4.78 is 0.287. The van der Waals surface area contributed by atoms with Crippen molar-refractivity contribution in [3.63, 3.8) is 0 Å². The second-order valence-electron chi connectivity index (χ2n) is 13.4. The van der Waals surface area contributed by atoms with E-state index >= 15 is 0 Å². The molecule has 0 radical (unpaired) electrons. The number of unbranched alkanes of at least 4 members (excludes halogenated alkanes) is 24. The van der Waals surface area contributed by atoms with Gasteiger partial charge in [0.1, 0.15) is 6.54 Å². The summed E-state index contributed by atoms with van der Waals surface area (Å²) in [5.74, 6) is 0.537. The van der Waals surface area contributed by atoms with E-state index in [1.54, 1.807) is 0 Å². The molecule has 0 N–H and O–H groups in total. The van der Waals surface area contributed by atoms with Crippen LogP contribution in [0, 0.1) is 0 Å². The zero-order chi connectivity index (χ0) is 29.7. The third-order valence-corrected chi connectivity index (χ3v) is 9.27. The van der Waals surface area contributed by atoms with E-state index in [1.807, 2.05) is 7.05 Å². The first kappa shape index (κ1) is 42.7. The van der Waals surface area contributed by atoms with Gasteiger partial charge < -0.3 is 12.4 Å². The van der Waals surface area contributed by atoms with Gasteiger partial charge in [-0.25, -0.2) is 4.79 Å². The molecular weight excluding hydrogens is 526 g/mol. The maximum absolute atomic E-state index is 13.2. The van der Waals surface area contributed by atoms with Crippen LogP contribution in [-0.2, 0) is 9.59 Å². The molecule has 41 heavy (non-hydrogen) atoms. The highest BCUT2D eigenvalue weighted by atomic mass is 35.5. The van der Waals surface area contributed by atoms with Crippen LogP contribution in [0.25, 0.3) is 0 Å².